The molecule has 4 nitrogen and oxygen atoms in total. The molecular formula is C11H16ClFN2O2S. The van der Waals surface area contributed by atoms with Crippen molar-refractivity contribution in [2.75, 3.05) is 19.6 Å². The molecule has 1 aliphatic rings. The summed E-state index contributed by atoms with van der Waals surface area (Å²) in [6.07, 6.45) is 0.964. The van der Waals surface area contributed by atoms with Crippen molar-refractivity contribution in [3.8, 4) is 0 Å². The average Bonchev–Trinajstić information content (AvgIpc) is 2.79. The second-order valence-corrected chi connectivity index (χ2v) is 5.94. The summed E-state index contributed by atoms with van der Waals surface area (Å²) >= 11 is 0. The molecule has 0 spiro atoms. The Labute approximate surface area is 112 Å². The van der Waals surface area contributed by atoms with Crippen LogP contribution in [0.1, 0.15) is 6.42 Å². The van der Waals surface area contributed by atoms with Gasteiger partial charge in [-0.25, -0.2) is 17.5 Å². The van der Waals surface area contributed by atoms with Gasteiger partial charge in [0.25, 0.3) is 0 Å². The molecule has 0 aromatic heterocycles. The van der Waals surface area contributed by atoms with Crippen molar-refractivity contribution in [3.05, 3.63) is 30.1 Å². The second kappa shape index (κ2) is 6.47. The monoisotopic (exact) mass is 294 g/mol. The lowest BCUT2D eigenvalue weighted by Crippen LogP contribution is -2.30. The number of rotatable bonds is 4. The lowest BCUT2D eigenvalue weighted by molar-refractivity contribution is 0.537. The van der Waals surface area contributed by atoms with Gasteiger partial charge in [-0.15, -0.1) is 12.4 Å². The van der Waals surface area contributed by atoms with Gasteiger partial charge in [0.15, 0.2) is 0 Å². The number of sulfonamides is 1. The number of benzene rings is 1. The minimum atomic E-state index is -3.59. The molecule has 0 radical (unpaired) electrons. The van der Waals surface area contributed by atoms with Crippen molar-refractivity contribution in [2.24, 2.45) is 5.92 Å². The van der Waals surface area contributed by atoms with Crippen LogP contribution >= 0.6 is 12.4 Å². The number of nitrogens with one attached hydrogen (secondary N) is 2. The van der Waals surface area contributed by atoms with Gasteiger partial charge >= 0.3 is 0 Å². The molecule has 1 aromatic rings. The van der Waals surface area contributed by atoms with Crippen LogP contribution in [-0.4, -0.2) is 28.1 Å². The van der Waals surface area contributed by atoms with Crippen LogP contribution in [0.5, 0.6) is 0 Å². The molecule has 0 saturated carbocycles. The van der Waals surface area contributed by atoms with Gasteiger partial charge in [-0.05, 0) is 43.6 Å². The molecule has 0 bridgehead atoms. The summed E-state index contributed by atoms with van der Waals surface area (Å²) in [5, 5.41) is 3.16. The number of hydrogen-bond acceptors (Lipinski definition) is 3. The number of hydrogen-bond donors (Lipinski definition) is 2. The van der Waals surface area contributed by atoms with Gasteiger partial charge in [0.1, 0.15) is 5.82 Å². The lowest BCUT2D eigenvalue weighted by atomic mass is 10.1. The number of halogens is 2. The maximum atomic E-state index is 12.9. The zero-order valence-corrected chi connectivity index (χ0v) is 11.4. The molecule has 0 aliphatic carbocycles. The van der Waals surface area contributed by atoms with E-state index in [1.54, 1.807) is 0 Å². The predicted octanol–water partition coefficient (Wildman–Crippen LogP) is 1.14. The van der Waals surface area contributed by atoms with Crippen molar-refractivity contribution in [1.82, 2.24) is 10.0 Å². The van der Waals surface area contributed by atoms with E-state index in [1.165, 1.54) is 18.2 Å². The van der Waals surface area contributed by atoms with Gasteiger partial charge in [-0.1, -0.05) is 6.07 Å². The Morgan fingerprint density at radius 2 is 2.22 bits per heavy atom. The first-order chi connectivity index (χ1) is 8.08. The predicted molar refractivity (Wildman–Crippen MR) is 69.8 cm³/mol. The molecular weight excluding hydrogens is 279 g/mol. The van der Waals surface area contributed by atoms with E-state index >= 15 is 0 Å². The second-order valence-electron chi connectivity index (χ2n) is 4.17. The summed E-state index contributed by atoms with van der Waals surface area (Å²) in [5.41, 5.74) is 0. The van der Waals surface area contributed by atoms with Crippen molar-refractivity contribution >= 4 is 22.4 Å². The molecule has 1 fully saturated rings. The topological polar surface area (TPSA) is 58.2 Å². The molecule has 1 saturated heterocycles. The highest BCUT2D eigenvalue weighted by atomic mass is 35.5. The summed E-state index contributed by atoms with van der Waals surface area (Å²) < 4.78 is 39.1. The molecule has 102 valence electrons. The lowest BCUT2D eigenvalue weighted by Gasteiger charge is -2.10. The van der Waals surface area contributed by atoms with Crippen LogP contribution in [0.15, 0.2) is 29.2 Å². The van der Waals surface area contributed by atoms with Crippen molar-refractivity contribution in [1.29, 1.82) is 0 Å². The fourth-order valence-corrected chi connectivity index (χ4v) is 2.98. The molecule has 7 heteroatoms. The van der Waals surface area contributed by atoms with Gasteiger partial charge < -0.3 is 5.32 Å². The Morgan fingerprint density at radius 1 is 1.44 bits per heavy atom. The average molecular weight is 295 g/mol. The molecule has 1 heterocycles. The highest BCUT2D eigenvalue weighted by Crippen LogP contribution is 2.12. The Morgan fingerprint density at radius 3 is 2.83 bits per heavy atom. The smallest absolute Gasteiger partial charge is 0.240 e. The third-order valence-corrected chi connectivity index (χ3v) is 4.25. The van der Waals surface area contributed by atoms with Gasteiger partial charge in [0, 0.05) is 6.54 Å². The summed E-state index contributed by atoms with van der Waals surface area (Å²) in [4.78, 5) is -0.0246. The fraction of sp³-hybridized carbons (Fsp3) is 0.455. The standard InChI is InChI=1S/C11H15FN2O2S.ClH/c12-10-2-1-3-11(6-10)17(15,16)14-8-9-4-5-13-7-9;/h1-3,6,9,13-14H,4-5,7-8H2;1H. The van der Waals surface area contributed by atoms with E-state index in [9.17, 15) is 12.8 Å². The van der Waals surface area contributed by atoms with E-state index < -0.39 is 15.8 Å². The minimum absolute atomic E-state index is 0. The van der Waals surface area contributed by atoms with Crippen molar-refractivity contribution in [3.63, 3.8) is 0 Å². The van der Waals surface area contributed by atoms with E-state index in [-0.39, 0.29) is 17.3 Å². The Bertz CT molecular complexity index is 490. The van der Waals surface area contributed by atoms with E-state index in [4.69, 9.17) is 0 Å². The third kappa shape index (κ3) is 3.91. The maximum absolute atomic E-state index is 12.9. The highest BCUT2D eigenvalue weighted by Gasteiger charge is 2.19. The van der Waals surface area contributed by atoms with E-state index in [0.29, 0.717) is 12.5 Å². The summed E-state index contributed by atoms with van der Waals surface area (Å²) in [6.45, 7) is 2.14. The van der Waals surface area contributed by atoms with Crippen molar-refractivity contribution in [2.45, 2.75) is 11.3 Å². The third-order valence-electron chi connectivity index (χ3n) is 2.83. The largest absolute Gasteiger partial charge is 0.316 e. The first-order valence-electron chi connectivity index (χ1n) is 5.54. The van der Waals surface area contributed by atoms with Gasteiger partial charge in [0.05, 0.1) is 4.90 Å². The Balaban J connectivity index is 0.00000162. The molecule has 2 N–H and O–H groups in total. The SMILES string of the molecule is Cl.O=S(=O)(NCC1CCNC1)c1cccc(F)c1. The van der Waals surface area contributed by atoms with Crippen molar-refractivity contribution < 1.29 is 12.8 Å². The molecule has 0 amide bonds. The summed E-state index contributed by atoms with van der Waals surface area (Å²) in [7, 11) is -3.59. The zero-order valence-electron chi connectivity index (χ0n) is 9.73. The summed E-state index contributed by atoms with van der Waals surface area (Å²) in [5.74, 6) is -0.228. The fourth-order valence-electron chi connectivity index (χ4n) is 1.83. The molecule has 18 heavy (non-hydrogen) atoms. The normalized spacial score (nSPS) is 19.5. The van der Waals surface area contributed by atoms with Crippen LogP contribution in [0, 0.1) is 11.7 Å². The van der Waals surface area contributed by atoms with E-state index in [0.717, 1.165) is 25.6 Å². The van der Waals surface area contributed by atoms with E-state index in [2.05, 4.69) is 10.0 Å². The van der Waals surface area contributed by atoms with Crippen LogP contribution in [0.2, 0.25) is 0 Å². The minimum Gasteiger partial charge on any atom is -0.316 e. The zero-order chi connectivity index (χ0) is 12.3. The van der Waals surface area contributed by atoms with Crippen LogP contribution in [-0.2, 0) is 10.0 Å². The maximum Gasteiger partial charge on any atom is 0.240 e. The first kappa shape index (κ1) is 15.4. The quantitative estimate of drug-likeness (QED) is 0.875. The van der Waals surface area contributed by atoms with Crippen LogP contribution < -0.4 is 10.0 Å². The molecule has 1 unspecified atom stereocenters. The Hall–Kier alpha value is -0.690. The van der Waals surface area contributed by atoms with Crippen LogP contribution in [0.25, 0.3) is 0 Å². The molecule has 2 rings (SSSR count). The molecule has 1 atom stereocenters. The summed E-state index contributed by atoms with van der Waals surface area (Å²) in [6, 6.07) is 5.02. The van der Waals surface area contributed by atoms with Gasteiger partial charge in [0.2, 0.25) is 10.0 Å². The van der Waals surface area contributed by atoms with Gasteiger partial charge in [-0.2, -0.15) is 0 Å². The van der Waals surface area contributed by atoms with E-state index in [1.807, 2.05) is 0 Å². The first-order valence-corrected chi connectivity index (χ1v) is 7.02. The van der Waals surface area contributed by atoms with Crippen LogP contribution in [0.3, 0.4) is 0 Å². The molecule has 1 aliphatic heterocycles. The Kier molecular flexibility index (Phi) is 5.52. The molecule has 1 aromatic carbocycles. The van der Waals surface area contributed by atoms with Crippen LogP contribution in [0.4, 0.5) is 4.39 Å². The highest BCUT2D eigenvalue weighted by molar-refractivity contribution is 7.89. The van der Waals surface area contributed by atoms with Gasteiger partial charge in [-0.3, -0.25) is 0 Å².